The van der Waals surface area contributed by atoms with Crippen LogP contribution in [0, 0.1) is 6.92 Å². The van der Waals surface area contributed by atoms with Gasteiger partial charge in [-0.05, 0) is 49.5 Å². The van der Waals surface area contributed by atoms with E-state index in [0.717, 1.165) is 40.9 Å². The molecule has 0 aliphatic carbocycles. The standard InChI is InChI=1S/C26H25N3OS2/c1-18-9-8-12-20-15-21(24(27-23(18)20)28-13-6-3-7-14-28)16-22-25(30)29(26(31)32-22)17-19-10-4-2-5-11-19/h2,4-5,8-12,15-16H,3,6-7,13-14,17H2,1H3/b22-16-. The Morgan fingerprint density at radius 2 is 1.84 bits per heavy atom. The second kappa shape index (κ2) is 9.04. The predicted molar refractivity (Wildman–Crippen MR) is 138 cm³/mol. The number of hydrogen-bond donors (Lipinski definition) is 0. The highest BCUT2D eigenvalue weighted by molar-refractivity contribution is 8.26. The predicted octanol–water partition coefficient (Wildman–Crippen LogP) is 5.93. The molecule has 3 heterocycles. The van der Waals surface area contributed by atoms with E-state index in [4.69, 9.17) is 17.2 Å². The number of thioether (sulfide) groups is 1. The second-order valence-corrected chi connectivity index (χ2v) is 10.0. The summed E-state index contributed by atoms with van der Waals surface area (Å²) in [7, 11) is 0. The van der Waals surface area contributed by atoms with Gasteiger partial charge in [0.15, 0.2) is 0 Å². The van der Waals surface area contributed by atoms with Crippen molar-refractivity contribution >= 4 is 57.0 Å². The topological polar surface area (TPSA) is 36.4 Å². The van der Waals surface area contributed by atoms with Crippen LogP contribution in [0.15, 0.2) is 59.5 Å². The average molecular weight is 460 g/mol. The van der Waals surface area contributed by atoms with Crippen molar-refractivity contribution in [2.45, 2.75) is 32.7 Å². The van der Waals surface area contributed by atoms with Crippen LogP contribution in [0.25, 0.3) is 17.0 Å². The van der Waals surface area contributed by atoms with E-state index >= 15 is 0 Å². The molecule has 2 fully saturated rings. The molecule has 5 rings (SSSR count). The molecule has 0 N–H and O–H groups in total. The summed E-state index contributed by atoms with van der Waals surface area (Å²) in [6, 6.07) is 18.4. The fourth-order valence-electron chi connectivity index (χ4n) is 4.36. The first-order valence-electron chi connectivity index (χ1n) is 11.0. The van der Waals surface area contributed by atoms with Crippen molar-refractivity contribution in [3.8, 4) is 0 Å². The number of anilines is 1. The molecule has 2 aromatic carbocycles. The van der Waals surface area contributed by atoms with Crippen molar-refractivity contribution < 1.29 is 4.79 Å². The number of aryl methyl sites for hydroxylation is 1. The molecule has 0 atom stereocenters. The van der Waals surface area contributed by atoms with E-state index in [0.29, 0.717) is 15.8 Å². The van der Waals surface area contributed by atoms with E-state index < -0.39 is 0 Å². The minimum atomic E-state index is -0.0298. The minimum absolute atomic E-state index is 0.0298. The van der Waals surface area contributed by atoms with Gasteiger partial charge in [-0.15, -0.1) is 0 Å². The molecule has 2 aliphatic heterocycles. The molecule has 0 bridgehead atoms. The van der Waals surface area contributed by atoms with E-state index in [-0.39, 0.29) is 5.91 Å². The minimum Gasteiger partial charge on any atom is -0.356 e. The maximum absolute atomic E-state index is 13.2. The Kier molecular flexibility index (Phi) is 5.98. The van der Waals surface area contributed by atoms with Crippen LogP contribution >= 0.6 is 24.0 Å². The number of carbonyl (C=O) groups excluding carboxylic acids is 1. The van der Waals surface area contributed by atoms with Crippen LogP contribution in [0.3, 0.4) is 0 Å². The molecular formula is C26H25N3OS2. The number of hydrogen-bond acceptors (Lipinski definition) is 5. The lowest BCUT2D eigenvalue weighted by molar-refractivity contribution is -0.122. The third-order valence-electron chi connectivity index (χ3n) is 6.06. The first-order chi connectivity index (χ1) is 15.6. The van der Waals surface area contributed by atoms with Crippen LogP contribution in [0.2, 0.25) is 0 Å². The molecule has 32 heavy (non-hydrogen) atoms. The van der Waals surface area contributed by atoms with Gasteiger partial charge in [-0.2, -0.15) is 0 Å². The summed E-state index contributed by atoms with van der Waals surface area (Å²) in [5.41, 5.74) is 4.26. The zero-order valence-electron chi connectivity index (χ0n) is 18.1. The van der Waals surface area contributed by atoms with Crippen LogP contribution in [0.5, 0.6) is 0 Å². The summed E-state index contributed by atoms with van der Waals surface area (Å²) in [5, 5.41) is 1.09. The molecule has 4 nitrogen and oxygen atoms in total. The highest BCUT2D eigenvalue weighted by Gasteiger charge is 2.32. The number of fused-ring (bicyclic) bond motifs is 1. The van der Waals surface area contributed by atoms with E-state index in [1.807, 2.05) is 36.4 Å². The molecule has 3 aromatic rings. The Bertz CT molecular complexity index is 1220. The fourth-order valence-corrected chi connectivity index (χ4v) is 5.61. The van der Waals surface area contributed by atoms with Gasteiger partial charge in [0.05, 0.1) is 17.0 Å². The van der Waals surface area contributed by atoms with Crippen LogP contribution in [-0.2, 0) is 11.3 Å². The summed E-state index contributed by atoms with van der Waals surface area (Å²) in [6.45, 7) is 4.60. The highest BCUT2D eigenvalue weighted by Crippen LogP contribution is 2.36. The zero-order valence-corrected chi connectivity index (χ0v) is 19.7. The maximum atomic E-state index is 13.2. The first-order valence-corrected chi connectivity index (χ1v) is 12.3. The molecular weight excluding hydrogens is 434 g/mol. The number of carbonyl (C=O) groups is 1. The van der Waals surface area contributed by atoms with E-state index in [2.05, 4.69) is 36.1 Å². The number of nitrogens with zero attached hydrogens (tertiary/aromatic N) is 3. The number of benzene rings is 2. The Hall–Kier alpha value is -2.70. The lowest BCUT2D eigenvalue weighted by Crippen LogP contribution is -2.31. The average Bonchev–Trinajstić information content (AvgIpc) is 3.07. The third kappa shape index (κ3) is 4.17. The number of para-hydroxylation sites is 1. The van der Waals surface area contributed by atoms with Crippen molar-refractivity contribution in [2.75, 3.05) is 18.0 Å². The van der Waals surface area contributed by atoms with Gasteiger partial charge in [0.1, 0.15) is 10.1 Å². The van der Waals surface area contributed by atoms with Crippen molar-refractivity contribution in [1.29, 1.82) is 0 Å². The van der Waals surface area contributed by atoms with Gasteiger partial charge >= 0.3 is 0 Å². The van der Waals surface area contributed by atoms with Crippen LogP contribution in [0.1, 0.15) is 36.0 Å². The number of aromatic nitrogens is 1. The van der Waals surface area contributed by atoms with Crippen LogP contribution in [0.4, 0.5) is 5.82 Å². The van der Waals surface area contributed by atoms with Crippen LogP contribution < -0.4 is 4.90 Å². The van der Waals surface area contributed by atoms with Gasteiger partial charge in [0.25, 0.3) is 5.91 Å². The van der Waals surface area contributed by atoms with Gasteiger partial charge in [0.2, 0.25) is 0 Å². The van der Waals surface area contributed by atoms with Gasteiger partial charge in [-0.3, -0.25) is 9.69 Å². The van der Waals surface area contributed by atoms with Crippen molar-refractivity contribution in [2.24, 2.45) is 0 Å². The molecule has 0 saturated carbocycles. The molecule has 162 valence electrons. The van der Waals surface area contributed by atoms with Crippen LogP contribution in [-0.4, -0.2) is 33.2 Å². The Balaban J connectivity index is 1.53. The second-order valence-electron chi connectivity index (χ2n) is 8.35. The maximum Gasteiger partial charge on any atom is 0.266 e. The molecule has 2 aliphatic rings. The normalized spacial score (nSPS) is 18.2. The van der Waals surface area contributed by atoms with Gasteiger partial charge < -0.3 is 4.90 Å². The van der Waals surface area contributed by atoms with Gasteiger partial charge in [0, 0.05) is 24.0 Å². The number of piperidine rings is 1. The number of amides is 1. The first kappa shape index (κ1) is 21.2. The Morgan fingerprint density at radius 1 is 1.06 bits per heavy atom. The molecule has 0 unspecified atom stereocenters. The van der Waals surface area contributed by atoms with Crippen molar-refractivity contribution in [3.63, 3.8) is 0 Å². The SMILES string of the molecule is Cc1cccc2cc(/C=C3\SC(=S)N(Cc4ccccc4)C3=O)c(N3CCCCC3)nc12. The fraction of sp³-hybridized carbons (Fsp3) is 0.269. The molecule has 6 heteroatoms. The number of pyridine rings is 1. The Labute approximate surface area is 198 Å². The monoisotopic (exact) mass is 459 g/mol. The summed E-state index contributed by atoms with van der Waals surface area (Å²) < 4.78 is 0.606. The molecule has 1 amide bonds. The van der Waals surface area contributed by atoms with Gasteiger partial charge in [-0.25, -0.2) is 4.98 Å². The molecule has 0 spiro atoms. The van der Waals surface area contributed by atoms with E-state index in [1.165, 1.54) is 36.6 Å². The lowest BCUT2D eigenvalue weighted by Gasteiger charge is -2.29. The summed E-state index contributed by atoms with van der Waals surface area (Å²) in [6.07, 6.45) is 5.60. The number of thiocarbonyl (C=S) groups is 1. The number of rotatable bonds is 4. The smallest absolute Gasteiger partial charge is 0.266 e. The van der Waals surface area contributed by atoms with Gasteiger partial charge in [-0.1, -0.05) is 72.5 Å². The molecule has 2 saturated heterocycles. The summed E-state index contributed by atoms with van der Waals surface area (Å²) in [5.74, 6) is 0.942. The largest absolute Gasteiger partial charge is 0.356 e. The van der Waals surface area contributed by atoms with Crippen molar-refractivity contribution in [1.82, 2.24) is 9.88 Å². The van der Waals surface area contributed by atoms with E-state index in [9.17, 15) is 4.79 Å². The summed E-state index contributed by atoms with van der Waals surface area (Å²) >= 11 is 6.95. The lowest BCUT2D eigenvalue weighted by atomic mass is 10.1. The van der Waals surface area contributed by atoms with E-state index in [1.54, 1.807) is 4.90 Å². The summed E-state index contributed by atoms with van der Waals surface area (Å²) in [4.78, 5) is 23.1. The Morgan fingerprint density at radius 3 is 2.62 bits per heavy atom. The quantitative estimate of drug-likeness (QED) is 0.357. The zero-order chi connectivity index (χ0) is 22.1. The molecule has 1 aromatic heterocycles. The molecule has 0 radical (unpaired) electrons. The van der Waals surface area contributed by atoms with Crippen molar-refractivity contribution in [3.05, 3.63) is 76.2 Å². The third-order valence-corrected chi connectivity index (χ3v) is 7.43. The highest BCUT2D eigenvalue weighted by atomic mass is 32.2.